The highest BCUT2D eigenvalue weighted by molar-refractivity contribution is 5.38. The summed E-state index contributed by atoms with van der Waals surface area (Å²) in [6.45, 7) is 5.92. The van der Waals surface area contributed by atoms with Gasteiger partial charge in [0.2, 0.25) is 0 Å². The normalized spacial score (nSPS) is 50.7. The molecule has 0 unspecified atom stereocenters. The van der Waals surface area contributed by atoms with Crippen LogP contribution in [-0.4, -0.2) is 12.2 Å². The zero-order valence-electron chi connectivity index (χ0n) is 11.2. The van der Waals surface area contributed by atoms with E-state index in [0.717, 1.165) is 12.5 Å². The zero-order valence-corrected chi connectivity index (χ0v) is 11.2. The highest BCUT2D eigenvalue weighted by Gasteiger charge is 2.64. The molecule has 1 heterocycles. The molecule has 1 spiro atoms. The van der Waals surface area contributed by atoms with Crippen molar-refractivity contribution in [3.63, 3.8) is 0 Å². The molecule has 0 aromatic heterocycles. The standard InChI is InChI=1S/C16H24O/c1-14(2)6-3-7-15-9-10-16(8-4-12(14)15)13(15)5-11-17-16/h5,12H,3-4,6-11H2,1-2H3/t12-,15-,16+/m0/s1. The third-order valence-corrected chi connectivity index (χ3v) is 6.54. The summed E-state index contributed by atoms with van der Waals surface area (Å²) in [5, 5.41) is 0. The van der Waals surface area contributed by atoms with Crippen molar-refractivity contribution in [2.75, 3.05) is 6.61 Å². The average molecular weight is 232 g/mol. The van der Waals surface area contributed by atoms with Crippen LogP contribution in [0.1, 0.15) is 58.8 Å². The molecule has 1 heteroatoms. The Morgan fingerprint density at radius 1 is 1.12 bits per heavy atom. The summed E-state index contributed by atoms with van der Waals surface area (Å²) in [5.41, 5.74) is 3.06. The van der Waals surface area contributed by atoms with Crippen LogP contribution in [-0.2, 0) is 4.74 Å². The molecule has 3 aliphatic carbocycles. The molecule has 0 N–H and O–H groups in total. The smallest absolute Gasteiger partial charge is 0.0902 e. The Morgan fingerprint density at radius 2 is 2.00 bits per heavy atom. The third-order valence-electron chi connectivity index (χ3n) is 6.54. The quantitative estimate of drug-likeness (QED) is 0.572. The van der Waals surface area contributed by atoms with Crippen molar-refractivity contribution in [3.8, 4) is 0 Å². The zero-order chi connectivity index (χ0) is 11.7. The fourth-order valence-electron chi connectivity index (χ4n) is 5.93. The van der Waals surface area contributed by atoms with Gasteiger partial charge in [0.1, 0.15) is 0 Å². The van der Waals surface area contributed by atoms with E-state index in [4.69, 9.17) is 4.74 Å². The van der Waals surface area contributed by atoms with E-state index >= 15 is 0 Å². The average Bonchev–Trinajstić information content (AvgIpc) is 2.75. The molecular formula is C16H24O. The lowest BCUT2D eigenvalue weighted by Gasteiger charge is -2.55. The first kappa shape index (κ1) is 10.6. The van der Waals surface area contributed by atoms with Crippen LogP contribution in [0.2, 0.25) is 0 Å². The van der Waals surface area contributed by atoms with Crippen LogP contribution >= 0.6 is 0 Å². The molecule has 0 amide bonds. The van der Waals surface area contributed by atoms with E-state index in [1.807, 2.05) is 0 Å². The molecule has 94 valence electrons. The van der Waals surface area contributed by atoms with Gasteiger partial charge in [-0.15, -0.1) is 0 Å². The van der Waals surface area contributed by atoms with Gasteiger partial charge in [-0.2, -0.15) is 0 Å². The van der Waals surface area contributed by atoms with Gasteiger partial charge < -0.3 is 4.74 Å². The second-order valence-corrected chi connectivity index (χ2v) is 7.51. The maximum absolute atomic E-state index is 6.15. The summed E-state index contributed by atoms with van der Waals surface area (Å²) in [6.07, 6.45) is 12.2. The first-order valence-electron chi connectivity index (χ1n) is 7.44. The largest absolute Gasteiger partial charge is 0.367 e. The summed E-state index contributed by atoms with van der Waals surface area (Å²) < 4.78 is 6.15. The van der Waals surface area contributed by atoms with Gasteiger partial charge in [-0.05, 0) is 60.8 Å². The van der Waals surface area contributed by atoms with Gasteiger partial charge in [0, 0.05) is 0 Å². The Kier molecular flexibility index (Phi) is 1.86. The Morgan fingerprint density at radius 3 is 2.88 bits per heavy atom. The van der Waals surface area contributed by atoms with Crippen LogP contribution < -0.4 is 0 Å². The maximum Gasteiger partial charge on any atom is 0.0902 e. The molecule has 4 rings (SSSR count). The minimum Gasteiger partial charge on any atom is -0.367 e. The second kappa shape index (κ2) is 2.99. The first-order chi connectivity index (χ1) is 8.09. The fourth-order valence-corrected chi connectivity index (χ4v) is 5.93. The van der Waals surface area contributed by atoms with E-state index in [0.29, 0.717) is 10.8 Å². The van der Waals surface area contributed by atoms with Crippen molar-refractivity contribution in [2.24, 2.45) is 16.7 Å². The van der Waals surface area contributed by atoms with Gasteiger partial charge in [0.25, 0.3) is 0 Å². The molecule has 17 heavy (non-hydrogen) atoms. The van der Waals surface area contributed by atoms with Crippen molar-refractivity contribution in [3.05, 3.63) is 11.6 Å². The third kappa shape index (κ3) is 1.10. The van der Waals surface area contributed by atoms with Crippen LogP contribution in [0.3, 0.4) is 0 Å². The number of rotatable bonds is 0. The van der Waals surface area contributed by atoms with Crippen LogP contribution in [0.5, 0.6) is 0 Å². The molecule has 2 bridgehead atoms. The van der Waals surface area contributed by atoms with Crippen molar-refractivity contribution in [2.45, 2.75) is 64.4 Å². The van der Waals surface area contributed by atoms with E-state index in [1.165, 1.54) is 44.9 Å². The summed E-state index contributed by atoms with van der Waals surface area (Å²) >= 11 is 0. The van der Waals surface area contributed by atoms with E-state index in [1.54, 1.807) is 5.57 Å². The minimum absolute atomic E-state index is 0.212. The second-order valence-electron chi connectivity index (χ2n) is 7.51. The summed E-state index contributed by atoms with van der Waals surface area (Å²) in [4.78, 5) is 0. The predicted molar refractivity (Wildman–Crippen MR) is 68.8 cm³/mol. The van der Waals surface area contributed by atoms with Gasteiger partial charge in [-0.1, -0.05) is 26.3 Å². The van der Waals surface area contributed by atoms with E-state index in [2.05, 4.69) is 19.9 Å². The Balaban J connectivity index is 1.85. The lowest BCUT2D eigenvalue weighted by molar-refractivity contribution is -0.0439. The fraction of sp³-hybridized carbons (Fsp3) is 0.875. The summed E-state index contributed by atoms with van der Waals surface area (Å²) in [6, 6.07) is 0. The Bertz CT molecular complexity index is 394. The van der Waals surface area contributed by atoms with Gasteiger partial charge in [-0.3, -0.25) is 0 Å². The SMILES string of the molecule is CC1(C)CCC[C@]23CC[C@@]4(CC[C@@H]12)OCC=C43. The van der Waals surface area contributed by atoms with Crippen LogP contribution in [0.25, 0.3) is 0 Å². The molecule has 0 aromatic rings. The molecule has 0 radical (unpaired) electrons. The van der Waals surface area contributed by atoms with Crippen molar-refractivity contribution in [1.82, 2.24) is 0 Å². The Labute approximate surface area is 105 Å². The van der Waals surface area contributed by atoms with Gasteiger partial charge in [0.05, 0.1) is 12.2 Å². The first-order valence-corrected chi connectivity index (χ1v) is 7.44. The molecule has 3 fully saturated rings. The van der Waals surface area contributed by atoms with E-state index in [-0.39, 0.29) is 5.60 Å². The predicted octanol–water partition coefficient (Wildman–Crippen LogP) is 4.08. The summed E-state index contributed by atoms with van der Waals surface area (Å²) in [7, 11) is 0. The van der Waals surface area contributed by atoms with Crippen molar-refractivity contribution in [1.29, 1.82) is 0 Å². The molecular weight excluding hydrogens is 208 g/mol. The maximum atomic E-state index is 6.15. The highest BCUT2D eigenvalue weighted by Crippen LogP contribution is 2.70. The van der Waals surface area contributed by atoms with Gasteiger partial charge in [0.15, 0.2) is 0 Å². The van der Waals surface area contributed by atoms with Crippen LogP contribution in [0, 0.1) is 16.7 Å². The molecule has 1 aliphatic heterocycles. The topological polar surface area (TPSA) is 9.23 Å². The molecule has 3 atom stereocenters. The molecule has 3 saturated carbocycles. The Hall–Kier alpha value is -0.300. The van der Waals surface area contributed by atoms with Crippen LogP contribution in [0.15, 0.2) is 11.6 Å². The number of ether oxygens (including phenoxy) is 1. The van der Waals surface area contributed by atoms with Gasteiger partial charge >= 0.3 is 0 Å². The van der Waals surface area contributed by atoms with Crippen LogP contribution in [0.4, 0.5) is 0 Å². The number of hydrogen-bond donors (Lipinski definition) is 0. The van der Waals surface area contributed by atoms with E-state index in [9.17, 15) is 0 Å². The molecule has 1 nitrogen and oxygen atoms in total. The number of hydrogen-bond acceptors (Lipinski definition) is 1. The monoisotopic (exact) mass is 232 g/mol. The molecule has 4 aliphatic rings. The highest BCUT2D eigenvalue weighted by atomic mass is 16.5. The van der Waals surface area contributed by atoms with Crippen molar-refractivity contribution >= 4 is 0 Å². The van der Waals surface area contributed by atoms with Gasteiger partial charge in [-0.25, -0.2) is 0 Å². The van der Waals surface area contributed by atoms with Crippen molar-refractivity contribution < 1.29 is 4.74 Å². The lowest BCUT2D eigenvalue weighted by atomic mass is 9.50. The molecule has 0 aromatic carbocycles. The molecule has 0 saturated heterocycles. The van der Waals surface area contributed by atoms with E-state index < -0.39 is 0 Å². The summed E-state index contributed by atoms with van der Waals surface area (Å²) in [5.74, 6) is 0.923. The lowest BCUT2D eigenvalue weighted by Crippen LogP contribution is -2.48. The minimum atomic E-state index is 0.212.